The van der Waals surface area contributed by atoms with E-state index in [2.05, 4.69) is 16.0 Å². The first kappa shape index (κ1) is 27.7. The number of rotatable bonds is 7. The van der Waals surface area contributed by atoms with Crippen molar-refractivity contribution in [3.05, 3.63) is 83.4 Å². The van der Waals surface area contributed by atoms with Gasteiger partial charge in [0.1, 0.15) is 11.8 Å². The molecule has 9 nitrogen and oxygen atoms in total. The predicted molar refractivity (Wildman–Crippen MR) is 151 cm³/mol. The number of urea groups is 1. The second-order valence-corrected chi connectivity index (χ2v) is 10.2. The van der Waals surface area contributed by atoms with Crippen LogP contribution in [0.2, 0.25) is 0 Å². The molecule has 0 unspecified atom stereocenters. The van der Waals surface area contributed by atoms with E-state index in [0.29, 0.717) is 30.9 Å². The summed E-state index contributed by atoms with van der Waals surface area (Å²) in [5.74, 6) is 0.133. The van der Waals surface area contributed by atoms with Gasteiger partial charge in [0.15, 0.2) is 0 Å². The van der Waals surface area contributed by atoms with E-state index in [-0.39, 0.29) is 17.8 Å². The molecule has 1 atom stereocenters. The summed E-state index contributed by atoms with van der Waals surface area (Å²) in [7, 11) is 3.17. The van der Waals surface area contributed by atoms with Crippen molar-refractivity contribution in [2.24, 2.45) is 5.73 Å². The fourth-order valence-corrected chi connectivity index (χ4v) is 4.51. The van der Waals surface area contributed by atoms with Crippen LogP contribution in [0.1, 0.15) is 30.5 Å². The van der Waals surface area contributed by atoms with E-state index in [1.807, 2.05) is 66.7 Å². The summed E-state index contributed by atoms with van der Waals surface area (Å²) in [6.07, 6.45) is 0.345. The Morgan fingerprint density at radius 2 is 1.77 bits per heavy atom. The number of carbonyl (C=O) groups excluding carboxylic acids is 3. The van der Waals surface area contributed by atoms with E-state index in [9.17, 15) is 14.4 Å². The third-order valence-electron chi connectivity index (χ3n) is 6.74. The molecule has 0 aromatic heterocycles. The number of hydrogen-bond donors (Lipinski definition) is 4. The first-order valence-electron chi connectivity index (χ1n) is 12.8. The normalized spacial score (nSPS) is 15.2. The zero-order valence-corrected chi connectivity index (χ0v) is 22.7. The molecule has 0 aliphatic carbocycles. The quantitative estimate of drug-likeness (QED) is 0.373. The highest BCUT2D eigenvalue weighted by Crippen LogP contribution is 2.29. The zero-order chi connectivity index (χ0) is 28.2. The summed E-state index contributed by atoms with van der Waals surface area (Å²) in [5.41, 5.74) is 10.3. The van der Waals surface area contributed by atoms with E-state index in [1.54, 1.807) is 32.9 Å². The number of ether oxygens (including phenoxy) is 1. The van der Waals surface area contributed by atoms with E-state index in [0.717, 1.165) is 27.8 Å². The van der Waals surface area contributed by atoms with Crippen LogP contribution < -0.4 is 26.4 Å². The minimum Gasteiger partial charge on any atom is -0.497 e. The molecule has 0 saturated heterocycles. The average molecular weight is 530 g/mol. The first-order valence-corrected chi connectivity index (χ1v) is 12.8. The number of nitrogens with one attached hydrogen (secondary N) is 3. The van der Waals surface area contributed by atoms with E-state index >= 15 is 0 Å². The number of para-hydroxylation sites is 1. The van der Waals surface area contributed by atoms with Crippen LogP contribution in [0, 0.1) is 0 Å². The van der Waals surface area contributed by atoms with Gasteiger partial charge in [-0.05, 0) is 54.3 Å². The van der Waals surface area contributed by atoms with Crippen LogP contribution in [0.15, 0.2) is 66.7 Å². The Labute approximate surface area is 228 Å². The molecular formula is C30H35N5O4. The third kappa shape index (κ3) is 6.56. The van der Waals surface area contributed by atoms with Crippen molar-refractivity contribution >= 4 is 23.5 Å². The SMILES string of the molecule is CNC(=O)Nc1ccccc1-c1ccc(CN2Cc3ccc(OC)cc3C[C@@H](NC(=O)C(C)(C)N)C2=O)cc1. The van der Waals surface area contributed by atoms with Crippen LogP contribution >= 0.6 is 0 Å². The van der Waals surface area contributed by atoms with Gasteiger partial charge in [-0.25, -0.2) is 4.79 Å². The number of hydrogen-bond acceptors (Lipinski definition) is 5. The molecule has 204 valence electrons. The molecule has 39 heavy (non-hydrogen) atoms. The summed E-state index contributed by atoms with van der Waals surface area (Å²) < 4.78 is 5.39. The van der Waals surface area contributed by atoms with Gasteiger partial charge >= 0.3 is 6.03 Å². The molecule has 0 radical (unpaired) electrons. The van der Waals surface area contributed by atoms with E-state index in [4.69, 9.17) is 10.5 Å². The largest absolute Gasteiger partial charge is 0.497 e. The smallest absolute Gasteiger partial charge is 0.318 e. The monoisotopic (exact) mass is 529 g/mol. The highest BCUT2D eigenvalue weighted by Gasteiger charge is 2.34. The van der Waals surface area contributed by atoms with Crippen molar-refractivity contribution in [1.29, 1.82) is 0 Å². The molecule has 0 bridgehead atoms. The van der Waals surface area contributed by atoms with Gasteiger partial charge in [-0.3, -0.25) is 9.59 Å². The number of methoxy groups -OCH3 is 1. The Kier molecular flexibility index (Phi) is 8.21. The standard InChI is InChI=1S/C30H35N5O4/c1-30(2,31)28(37)33-26-16-22-15-23(39-4)14-13-21(22)18-35(27(26)36)17-19-9-11-20(12-10-19)24-7-5-6-8-25(24)34-29(38)32-3/h5-15,26H,16-18,31H2,1-4H3,(H,33,37)(H2,32,34,38)/t26-/m1/s1. The molecule has 4 amide bonds. The number of anilines is 1. The van der Waals surface area contributed by atoms with E-state index in [1.165, 1.54) is 0 Å². The Balaban J connectivity index is 1.60. The van der Waals surface area contributed by atoms with Crippen LogP contribution in [0.3, 0.4) is 0 Å². The molecule has 3 aromatic carbocycles. The maximum Gasteiger partial charge on any atom is 0.318 e. The number of benzene rings is 3. The second-order valence-electron chi connectivity index (χ2n) is 10.2. The highest BCUT2D eigenvalue weighted by atomic mass is 16.5. The van der Waals surface area contributed by atoms with Crippen molar-refractivity contribution in [2.75, 3.05) is 19.5 Å². The molecule has 1 aliphatic heterocycles. The first-order chi connectivity index (χ1) is 18.6. The van der Waals surface area contributed by atoms with Gasteiger partial charge in [0, 0.05) is 32.1 Å². The minimum atomic E-state index is -1.12. The van der Waals surface area contributed by atoms with Crippen molar-refractivity contribution in [1.82, 2.24) is 15.5 Å². The summed E-state index contributed by atoms with van der Waals surface area (Å²) >= 11 is 0. The molecule has 1 aliphatic rings. The predicted octanol–water partition coefficient (Wildman–Crippen LogP) is 3.42. The Morgan fingerprint density at radius 1 is 1.05 bits per heavy atom. The van der Waals surface area contributed by atoms with Crippen molar-refractivity contribution < 1.29 is 19.1 Å². The topological polar surface area (TPSA) is 126 Å². The van der Waals surface area contributed by atoms with Gasteiger partial charge in [0.25, 0.3) is 0 Å². The lowest BCUT2D eigenvalue weighted by Gasteiger charge is -2.27. The lowest BCUT2D eigenvalue weighted by molar-refractivity contribution is -0.138. The molecule has 0 spiro atoms. The lowest BCUT2D eigenvalue weighted by atomic mass is 10.00. The van der Waals surface area contributed by atoms with Crippen LogP contribution in [0.25, 0.3) is 11.1 Å². The number of fused-ring (bicyclic) bond motifs is 1. The molecular weight excluding hydrogens is 494 g/mol. The second kappa shape index (κ2) is 11.6. The van der Waals surface area contributed by atoms with Crippen molar-refractivity contribution in [3.8, 4) is 16.9 Å². The molecule has 4 rings (SSSR count). The number of carbonyl (C=O) groups is 3. The Bertz CT molecular complexity index is 1360. The van der Waals surface area contributed by atoms with Gasteiger partial charge in [-0.2, -0.15) is 0 Å². The fourth-order valence-electron chi connectivity index (χ4n) is 4.51. The molecule has 5 N–H and O–H groups in total. The molecule has 0 fully saturated rings. The van der Waals surface area contributed by atoms with Gasteiger partial charge in [0.05, 0.1) is 18.3 Å². The molecule has 0 saturated carbocycles. The van der Waals surface area contributed by atoms with Crippen molar-refractivity contribution in [2.45, 2.75) is 44.9 Å². The molecule has 1 heterocycles. The van der Waals surface area contributed by atoms with Crippen molar-refractivity contribution in [3.63, 3.8) is 0 Å². The summed E-state index contributed by atoms with van der Waals surface area (Å²) in [4.78, 5) is 40.0. The molecule has 3 aromatic rings. The fraction of sp³-hybridized carbons (Fsp3) is 0.300. The Morgan fingerprint density at radius 3 is 2.44 bits per heavy atom. The maximum atomic E-state index is 13.7. The summed E-state index contributed by atoms with van der Waals surface area (Å²) in [5, 5.41) is 8.27. The molecule has 9 heteroatoms. The maximum absolute atomic E-state index is 13.7. The van der Waals surface area contributed by atoms with Crippen LogP contribution in [0.4, 0.5) is 10.5 Å². The van der Waals surface area contributed by atoms with Gasteiger partial charge in [0.2, 0.25) is 11.8 Å². The summed E-state index contributed by atoms with van der Waals surface area (Å²) in [6.45, 7) is 3.99. The van der Waals surface area contributed by atoms with Gasteiger partial charge in [-0.1, -0.05) is 48.5 Å². The van der Waals surface area contributed by atoms with Crippen LogP contribution in [0.5, 0.6) is 5.75 Å². The van der Waals surface area contributed by atoms with Crippen LogP contribution in [-0.4, -0.2) is 48.5 Å². The lowest BCUT2D eigenvalue weighted by Crippen LogP contribution is -2.56. The minimum absolute atomic E-state index is 0.174. The van der Waals surface area contributed by atoms with E-state index < -0.39 is 11.6 Å². The third-order valence-corrected chi connectivity index (χ3v) is 6.74. The summed E-state index contributed by atoms with van der Waals surface area (Å²) in [6, 6.07) is 20.1. The number of nitrogens with two attached hydrogens (primary N) is 1. The van der Waals surface area contributed by atoms with Gasteiger partial charge < -0.3 is 31.3 Å². The van der Waals surface area contributed by atoms with Gasteiger partial charge in [-0.15, -0.1) is 0 Å². The Hall–Kier alpha value is -4.37. The number of amides is 4. The van der Waals surface area contributed by atoms with Crippen LogP contribution in [-0.2, 0) is 29.1 Å². The highest BCUT2D eigenvalue weighted by molar-refractivity contribution is 5.94. The average Bonchev–Trinajstić information content (AvgIpc) is 3.04. The number of nitrogens with zero attached hydrogens (tertiary/aromatic N) is 1. The zero-order valence-electron chi connectivity index (χ0n) is 22.7.